The van der Waals surface area contributed by atoms with Crippen LogP contribution in [0.25, 0.3) is 11.1 Å². The number of carboxylic acid groups (broad SMARTS) is 1. The van der Waals surface area contributed by atoms with Crippen LogP contribution in [0.3, 0.4) is 0 Å². The zero-order valence-electron chi connectivity index (χ0n) is 18.8. The Hall–Kier alpha value is -3.35. The van der Waals surface area contributed by atoms with Gasteiger partial charge in [-0.2, -0.15) is 0 Å². The summed E-state index contributed by atoms with van der Waals surface area (Å²) in [5, 5.41) is 14.8. The van der Waals surface area contributed by atoms with Crippen molar-refractivity contribution in [1.29, 1.82) is 0 Å². The summed E-state index contributed by atoms with van der Waals surface area (Å²) in [6, 6.07) is 14.8. The van der Waals surface area contributed by atoms with Crippen molar-refractivity contribution in [2.45, 2.75) is 62.9 Å². The molecule has 7 heteroatoms. The molecule has 1 atom stereocenters. The first-order valence-corrected chi connectivity index (χ1v) is 11.6. The molecule has 0 saturated heterocycles. The molecule has 0 aromatic heterocycles. The smallest absolute Gasteiger partial charge is 0.407 e. The van der Waals surface area contributed by atoms with Gasteiger partial charge in [0.05, 0.1) is 6.42 Å². The van der Waals surface area contributed by atoms with E-state index < -0.39 is 30.4 Å². The molecule has 0 bridgehead atoms. The van der Waals surface area contributed by atoms with E-state index in [9.17, 15) is 19.5 Å². The fourth-order valence-corrected chi connectivity index (χ4v) is 5.13. The fraction of sp³-hybridized carbons (Fsp3) is 0.423. The predicted octanol–water partition coefficient (Wildman–Crippen LogP) is 4.21. The number of fused-ring (bicyclic) bond motifs is 3. The highest BCUT2D eigenvalue weighted by Crippen LogP contribution is 2.44. The molecule has 33 heavy (non-hydrogen) atoms. The Morgan fingerprint density at radius 2 is 1.61 bits per heavy atom. The quantitative estimate of drug-likeness (QED) is 0.559. The molecule has 2 aliphatic rings. The van der Waals surface area contributed by atoms with Crippen LogP contribution in [0.2, 0.25) is 0 Å². The third kappa shape index (κ3) is 4.87. The van der Waals surface area contributed by atoms with Crippen molar-refractivity contribution in [1.82, 2.24) is 10.6 Å². The van der Waals surface area contributed by atoms with Gasteiger partial charge in [-0.25, -0.2) is 4.79 Å². The summed E-state index contributed by atoms with van der Waals surface area (Å²) in [4.78, 5) is 36.8. The lowest BCUT2D eigenvalue weighted by atomic mass is 9.93. The van der Waals surface area contributed by atoms with Crippen molar-refractivity contribution in [3.8, 4) is 11.1 Å². The second-order valence-corrected chi connectivity index (χ2v) is 8.95. The molecule has 2 amide bonds. The molecule has 2 aliphatic carbocycles. The Labute approximate surface area is 193 Å². The number of amides is 2. The van der Waals surface area contributed by atoms with Crippen LogP contribution < -0.4 is 10.6 Å². The maximum atomic E-state index is 12.9. The van der Waals surface area contributed by atoms with E-state index in [1.54, 1.807) is 0 Å². The van der Waals surface area contributed by atoms with Crippen LogP contribution in [0.5, 0.6) is 0 Å². The van der Waals surface area contributed by atoms with Crippen LogP contribution in [-0.2, 0) is 14.3 Å². The van der Waals surface area contributed by atoms with Crippen molar-refractivity contribution in [2.75, 3.05) is 6.61 Å². The molecule has 0 aliphatic heterocycles. The summed E-state index contributed by atoms with van der Waals surface area (Å²) < 4.78 is 5.50. The average molecular weight is 451 g/mol. The number of aliphatic carboxylic acids is 1. The van der Waals surface area contributed by atoms with E-state index in [0.717, 1.165) is 54.4 Å². The Balaban J connectivity index is 1.42. The van der Waals surface area contributed by atoms with E-state index in [4.69, 9.17) is 4.74 Å². The van der Waals surface area contributed by atoms with Crippen molar-refractivity contribution in [3.05, 3.63) is 59.7 Å². The summed E-state index contributed by atoms with van der Waals surface area (Å²) in [5.41, 5.74) is 4.07. The van der Waals surface area contributed by atoms with Crippen molar-refractivity contribution < 1.29 is 24.2 Å². The number of nitrogens with one attached hydrogen (secondary N) is 2. The molecule has 0 spiro atoms. The SMILES string of the molecule is CCC1(NC(=O)C(CC(=O)O)NC(=O)OCC2c3ccccc3-c3ccccc32)CCCC1. The molecule has 2 aromatic carbocycles. The van der Waals surface area contributed by atoms with E-state index in [-0.39, 0.29) is 18.1 Å². The van der Waals surface area contributed by atoms with E-state index in [1.807, 2.05) is 55.5 Å². The molecular weight excluding hydrogens is 420 g/mol. The Bertz CT molecular complexity index is 999. The van der Waals surface area contributed by atoms with Gasteiger partial charge >= 0.3 is 12.1 Å². The molecule has 0 heterocycles. The second-order valence-electron chi connectivity index (χ2n) is 8.95. The summed E-state index contributed by atoms with van der Waals surface area (Å²) in [5.74, 6) is -1.75. The van der Waals surface area contributed by atoms with Crippen LogP contribution in [0.15, 0.2) is 48.5 Å². The first-order chi connectivity index (χ1) is 15.9. The Morgan fingerprint density at radius 3 is 2.15 bits per heavy atom. The topological polar surface area (TPSA) is 105 Å². The third-order valence-corrected chi connectivity index (χ3v) is 6.96. The first kappa shape index (κ1) is 22.8. The number of benzene rings is 2. The summed E-state index contributed by atoms with van der Waals surface area (Å²) in [7, 11) is 0. The minimum Gasteiger partial charge on any atom is -0.481 e. The van der Waals surface area contributed by atoms with Gasteiger partial charge in [0.15, 0.2) is 0 Å². The predicted molar refractivity (Wildman–Crippen MR) is 124 cm³/mol. The highest BCUT2D eigenvalue weighted by molar-refractivity contribution is 5.89. The minimum absolute atomic E-state index is 0.0974. The normalized spacial score (nSPS) is 17.0. The van der Waals surface area contributed by atoms with Gasteiger partial charge < -0.3 is 20.5 Å². The van der Waals surface area contributed by atoms with Crippen LogP contribution in [0.1, 0.15) is 62.5 Å². The van der Waals surface area contributed by atoms with E-state index in [2.05, 4.69) is 10.6 Å². The number of carboxylic acids is 1. The van der Waals surface area contributed by atoms with Crippen LogP contribution in [-0.4, -0.2) is 41.3 Å². The Morgan fingerprint density at radius 1 is 1.03 bits per heavy atom. The fourth-order valence-electron chi connectivity index (χ4n) is 5.13. The lowest BCUT2D eigenvalue weighted by Gasteiger charge is -2.31. The standard InChI is InChI=1S/C26H30N2O5/c1-2-26(13-7-8-14-26)28-24(31)22(15-23(29)30)27-25(32)33-16-21-19-11-5-3-9-17(19)18-10-4-6-12-20(18)21/h3-6,9-12,21-22H,2,7-8,13-16H2,1H3,(H,27,32)(H,28,31)(H,29,30). The van der Waals surface area contributed by atoms with Gasteiger partial charge in [-0.15, -0.1) is 0 Å². The molecule has 1 fully saturated rings. The van der Waals surface area contributed by atoms with E-state index in [0.29, 0.717) is 0 Å². The molecule has 4 rings (SSSR count). The van der Waals surface area contributed by atoms with Gasteiger partial charge in [0.25, 0.3) is 0 Å². The van der Waals surface area contributed by atoms with Gasteiger partial charge in [0, 0.05) is 11.5 Å². The van der Waals surface area contributed by atoms with Crippen LogP contribution in [0.4, 0.5) is 4.79 Å². The number of alkyl carbamates (subject to hydrolysis) is 1. The van der Waals surface area contributed by atoms with Gasteiger partial charge in [0.2, 0.25) is 5.91 Å². The monoisotopic (exact) mass is 450 g/mol. The number of ether oxygens (including phenoxy) is 1. The molecular formula is C26H30N2O5. The lowest BCUT2D eigenvalue weighted by molar-refractivity contribution is -0.140. The van der Waals surface area contributed by atoms with Crippen molar-refractivity contribution in [3.63, 3.8) is 0 Å². The summed E-state index contributed by atoms with van der Waals surface area (Å²) >= 11 is 0. The summed E-state index contributed by atoms with van der Waals surface area (Å²) in [6.07, 6.45) is 3.24. The number of hydrogen-bond acceptors (Lipinski definition) is 4. The zero-order valence-corrected chi connectivity index (χ0v) is 18.8. The van der Waals surface area contributed by atoms with E-state index in [1.165, 1.54) is 0 Å². The largest absolute Gasteiger partial charge is 0.481 e. The van der Waals surface area contributed by atoms with Crippen LogP contribution in [0, 0.1) is 0 Å². The second kappa shape index (κ2) is 9.65. The summed E-state index contributed by atoms with van der Waals surface area (Å²) in [6.45, 7) is 2.11. The zero-order chi connectivity index (χ0) is 23.4. The van der Waals surface area contributed by atoms with Crippen molar-refractivity contribution >= 4 is 18.0 Å². The Kier molecular flexibility index (Phi) is 6.67. The first-order valence-electron chi connectivity index (χ1n) is 11.6. The average Bonchev–Trinajstić information content (AvgIpc) is 3.40. The van der Waals surface area contributed by atoms with Gasteiger partial charge in [-0.05, 0) is 41.5 Å². The minimum atomic E-state index is -1.19. The molecule has 1 unspecified atom stereocenters. The molecule has 2 aromatic rings. The highest BCUT2D eigenvalue weighted by atomic mass is 16.5. The third-order valence-electron chi connectivity index (χ3n) is 6.96. The number of carbonyl (C=O) groups is 3. The van der Waals surface area contributed by atoms with Gasteiger partial charge in [0.1, 0.15) is 12.6 Å². The van der Waals surface area contributed by atoms with Gasteiger partial charge in [-0.3, -0.25) is 9.59 Å². The molecule has 1 saturated carbocycles. The van der Waals surface area contributed by atoms with E-state index >= 15 is 0 Å². The maximum absolute atomic E-state index is 12.9. The molecule has 7 nitrogen and oxygen atoms in total. The molecule has 174 valence electrons. The molecule has 0 radical (unpaired) electrons. The van der Waals surface area contributed by atoms with Crippen LogP contribution >= 0.6 is 0 Å². The molecule has 3 N–H and O–H groups in total. The number of carbonyl (C=O) groups excluding carboxylic acids is 2. The van der Waals surface area contributed by atoms with Crippen molar-refractivity contribution in [2.24, 2.45) is 0 Å². The lowest BCUT2D eigenvalue weighted by Crippen LogP contribution is -2.55. The number of hydrogen-bond donors (Lipinski definition) is 3. The van der Waals surface area contributed by atoms with Gasteiger partial charge in [-0.1, -0.05) is 68.3 Å². The highest BCUT2D eigenvalue weighted by Gasteiger charge is 2.36. The number of rotatable bonds is 8. The maximum Gasteiger partial charge on any atom is 0.407 e.